The molecule has 0 heterocycles. The standard InChI is InChI=1S/C12H18N2O4/c1-3-18-12-5-4-11(14(15)16)8-10(12)9-13-6-7-17-2/h4-5,8,13H,3,6-7,9H2,1-2H3. The molecule has 0 saturated carbocycles. The first-order chi connectivity index (χ1) is 8.69. The fourth-order valence-electron chi connectivity index (χ4n) is 1.51. The number of methoxy groups -OCH3 is 1. The Morgan fingerprint density at radius 2 is 2.22 bits per heavy atom. The summed E-state index contributed by atoms with van der Waals surface area (Å²) in [5.74, 6) is 0.674. The van der Waals surface area contributed by atoms with E-state index in [4.69, 9.17) is 9.47 Å². The van der Waals surface area contributed by atoms with Crippen LogP contribution in [0.1, 0.15) is 12.5 Å². The predicted molar refractivity (Wildman–Crippen MR) is 67.8 cm³/mol. The predicted octanol–water partition coefficient (Wildman–Crippen LogP) is 1.73. The molecule has 0 aromatic heterocycles. The molecule has 0 saturated heterocycles. The highest BCUT2D eigenvalue weighted by Gasteiger charge is 2.11. The summed E-state index contributed by atoms with van der Waals surface area (Å²) in [6.45, 7) is 4.20. The number of ether oxygens (including phenoxy) is 2. The van der Waals surface area contributed by atoms with Crippen molar-refractivity contribution in [1.82, 2.24) is 5.32 Å². The number of hydrogen-bond donors (Lipinski definition) is 1. The molecule has 1 aromatic carbocycles. The van der Waals surface area contributed by atoms with E-state index in [0.717, 1.165) is 5.56 Å². The first kappa shape index (κ1) is 14.4. The third-order valence-corrected chi connectivity index (χ3v) is 2.35. The minimum atomic E-state index is -0.408. The lowest BCUT2D eigenvalue weighted by Crippen LogP contribution is -2.19. The second-order valence-electron chi connectivity index (χ2n) is 3.65. The Bertz CT molecular complexity index is 396. The Balaban J connectivity index is 2.75. The van der Waals surface area contributed by atoms with Crippen LogP contribution in [0.15, 0.2) is 18.2 Å². The Kier molecular flexibility index (Phi) is 6.10. The van der Waals surface area contributed by atoms with Crippen molar-refractivity contribution >= 4 is 5.69 Å². The zero-order valence-electron chi connectivity index (χ0n) is 10.6. The van der Waals surface area contributed by atoms with Gasteiger partial charge in [0.05, 0.1) is 18.1 Å². The van der Waals surface area contributed by atoms with E-state index >= 15 is 0 Å². The van der Waals surface area contributed by atoms with Crippen LogP contribution < -0.4 is 10.1 Å². The normalized spacial score (nSPS) is 10.3. The average Bonchev–Trinajstić information content (AvgIpc) is 2.36. The molecule has 1 aromatic rings. The van der Waals surface area contributed by atoms with E-state index in [0.29, 0.717) is 32.1 Å². The molecule has 0 atom stereocenters. The van der Waals surface area contributed by atoms with Crippen LogP contribution >= 0.6 is 0 Å². The summed E-state index contributed by atoms with van der Waals surface area (Å²) in [6, 6.07) is 4.61. The zero-order valence-corrected chi connectivity index (χ0v) is 10.6. The van der Waals surface area contributed by atoms with Crippen molar-refractivity contribution in [3.8, 4) is 5.75 Å². The average molecular weight is 254 g/mol. The molecule has 0 aliphatic carbocycles. The first-order valence-corrected chi connectivity index (χ1v) is 5.78. The second-order valence-corrected chi connectivity index (χ2v) is 3.65. The van der Waals surface area contributed by atoms with Gasteiger partial charge in [-0.25, -0.2) is 0 Å². The molecule has 0 amide bonds. The van der Waals surface area contributed by atoms with E-state index in [1.54, 1.807) is 13.2 Å². The van der Waals surface area contributed by atoms with Crippen LogP contribution in [0.2, 0.25) is 0 Å². The van der Waals surface area contributed by atoms with E-state index in [1.807, 2.05) is 6.92 Å². The van der Waals surface area contributed by atoms with Crippen molar-refractivity contribution in [2.24, 2.45) is 0 Å². The smallest absolute Gasteiger partial charge is 0.270 e. The molecule has 0 unspecified atom stereocenters. The Labute approximate surface area is 106 Å². The molecule has 1 rings (SSSR count). The van der Waals surface area contributed by atoms with Crippen LogP contribution in [-0.2, 0) is 11.3 Å². The van der Waals surface area contributed by atoms with Gasteiger partial charge in [-0.3, -0.25) is 10.1 Å². The Morgan fingerprint density at radius 1 is 1.44 bits per heavy atom. The summed E-state index contributed by atoms with van der Waals surface area (Å²) in [5.41, 5.74) is 0.851. The SMILES string of the molecule is CCOc1ccc([N+](=O)[O-])cc1CNCCOC. The van der Waals surface area contributed by atoms with Crippen LogP contribution in [0.5, 0.6) is 5.75 Å². The van der Waals surface area contributed by atoms with Gasteiger partial charge in [-0.2, -0.15) is 0 Å². The number of nitrogens with one attached hydrogen (secondary N) is 1. The van der Waals surface area contributed by atoms with E-state index < -0.39 is 4.92 Å². The van der Waals surface area contributed by atoms with Crippen LogP contribution in [-0.4, -0.2) is 31.8 Å². The number of rotatable bonds is 8. The highest BCUT2D eigenvalue weighted by atomic mass is 16.6. The van der Waals surface area contributed by atoms with Gasteiger partial charge in [0.15, 0.2) is 0 Å². The van der Waals surface area contributed by atoms with Crippen LogP contribution in [0, 0.1) is 10.1 Å². The van der Waals surface area contributed by atoms with Crippen molar-refractivity contribution in [1.29, 1.82) is 0 Å². The van der Waals surface area contributed by atoms with Gasteiger partial charge in [-0.1, -0.05) is 0 Å². The van der Waals surface area contributed by atoms with E-state index in [9.17, 15) is 10.1 Å². The molecule has 6 heteroatoms. The largest absolute Gasteiger partial charge is 0.494 e. The summed E-state index contributed by atoms with van der Waals surface area (Å²) in [4.78, 5) is 10.3. The lowest BCUT2D eigenvalue weighted by atomic mass is 10.1. The molecule has 18 heavy (non-hydrogen) atoms. The molecule has 0 aliphatic heterocycles. The summed E-state index contributed by atoms with van der Waals surface area (Å²) < 4.78 is 10.4. The molecule has 0 spiro atoms. The van der Waals surface area contributed by atoms with E-state index in [1.165, 1.54) is 12.1 Å². The fourth-order valence-corrected chi connectivity index (χ4v) is 1.51. The van der Waals surface area contributed by atoms with Gasteiger partial charge in [0.25, 0.3) is 5.69 Å². The van der Waals surface area contributed by atoms with Gasteiger partial charge in [-0.05, 0) is 13.0 Å². The first-order valence-electron chi connectivity index (χ1n) is 5.78. The summed E-state index contributed by atoms with van der Waals surface area (Å²) >= 11 is 0. The lowest BCUT2D eigenvalue weighted by molar-refractivity contribution is -0.384. The quantitative estimate of drug-likeness (QED) is 0.434. The Morgan fingerprint density at radius 3 is 2.83 bits per heavy atom. The fraction of sp³-hybridized carbons (Fsp3) is 0.500. The van der Waals surface area contributed by atoms with Crippen molar-refractivity contribution in [2.45, 2.75) is 13.5 Å². The summed E-state index contributed by atoms with van der Waals surface area (Å²) in [7, 11) is 1.63. The van der Waals surface area contributed by atoms with Gasteiger partial charge in [0.1, 0.15) is 5.75 Å². The molecular weight excluding hydrogens is 236 g/mol. The molecule has 100 valence electrons. The van der Waals surface area contributed by atoms with Crippen molar-refractivity contribution in [2.75, 3.05) is 26.9 Å². The van der Waals surface area contributed by atoms with Gasteiger partial charge >= 0.3 is 0 Å². The number of nitro groups is 1. The van der Waals surface area contributed by atoms with Gasteiger partial charge < -0.3 is 14.8 Å². The minimum Gasteiger partial charge on any atom is -0.494 e. The highest BCUT2D eigenvalue weighted by Crippen LogP contribution is 2.24. The maximum Gasteiger partial charge on any atom is 0.270 e. The van der Waals surface area contributed by atoms with Gasteiger partial charge in [-0.15, -0.1) is 0 Å². The summed E-state index contributed by atoms with van der Waals surface area (Å²) in [5, 5.41) is 13.9. The topological polar surface area (TPSA) is 73.6 Å². The number of benzene rings is 1. The molecule has 6 nitrogen and oxygen atoms in total. The maximum atomic E-state index is 10.7. The summed E-state index contributed by atoms with van der Waals surface area (Å²) in [6.07, 6.45) is 0. The Hall–Kier alpha value is -1.66. The number of non-ortho nitro benzene ring substituents is 1. The lowest BCUT2D eigenvalue weighted by Gasteiger charge is -2.10. The number of hydrogen-bond acceptors (Lipinski definition) is 5. The van der Waals surface area contributed by atoms with Crippen LogP contribution in [0.3, 0.4) is 0 Å². The van der Waals surface area contributed by atoms with E-state index in [2.05, 4.69) is 5.32 Å². The monoisotopic (exact) mass is 254 g/mol. The van der Waals surface area contributed by atoms with Gasteiger partial charge in [0, 0.05) is 37.9 Å². The number of nitro benzene ring substituents is 1. The molecule has 1 N–H and O–H groups in total. The second kappa shape index (κ2) is 7.62. The molecule has 0 bridgehead atoms. The minimum absolute atomic E-state index is 0.0713. The zero-order chi connectivity index (χ0) is 13.4. The maximum absolute atomic E-state index is 10.7. The van der Waals surface area contributed by atoms with Crippen LogP contribution in [0.25, 0.3) is 0 Å². The molecule has 0 aliphatic rings. The van der Waals surface area contributed by atoms with E-state index in [-0.39, 0.29) is 5.69 Å². The highest BCUT2D eigenvalue weighted by molar-refractivity contribution is 5.43. The molecule has 0 radical (unpaired) electrons. The molecule has 0 fully saturated rings. The third-order valence-electron chi connectivity index (χ3n) is 2.35. The van der Waals surface area contributed by atoms with Crippen molar-refractivity contribution in [3.63, 3.8) is 0 Å². The third kappa shape index (κ3) is 4.31. The van der Waals surface area contributed by atoms with Crippen molar-refractivity contribution in [3.05, 3.63) is 33.9 Å². The number of nitrogens with zero attached hydrogens (tertiary/aromatic N) is 1. The van der Waals surface area contributed by atoms with Crippen LogP contribution in [0.4, 0.5) is 5.69 Å². The van der Waals surface area contributed by atoms with Gasteiger partial charge in [0.2, 0.25) is 0 Å². The molecular formula is C12H18N2O4. The van der Waals surface area contributed by atoms with Crippen molar-refractivity contribution < 1.29 is 14.4 Å².